The number of fused-ring (bicyclic) bond motifs is 2. The highest BCUT2D eigenvalue weighted by Gasteiger charge is 2.24. The molecule has 4 aromatic heterocycles. The Balaban J connectivity index is 1.48. The molecule has 3 N–H and O–H groups in total. The first kappa shape index (κ1) is 25.9. The minimum absolute atomic E-state index is 0.0652. The van der Waals surface area contributed by atoms with E-state index in [0.717, 1.165) is 23.3 Å². The largest absolute Gasteiger partial charge is 0.381 e. The molecule has 1 aliphatic rings. The number of rotatable bonds is 6. The van der Waals surface area contributed by atoms with E-state index in [0.29, 0.717) is 34.1 Å². The number of benzene rings is 1. The van der Waals surface area contributed by atoms with Crippen molar-refractivity contribution in [1.29, 1.82) is 0 Å². The third-order valence-electron chi connectivity index (χ3n) is 7.35. The van der Waals surface area contributed by atoms with Crippen LogP contribution < -0.4 is 27.2 Å². The van der Waals surface area contributed by atoms with Crippen molar-refractivity contribution in [2.75, 3.05) is 5.73 Å². The molecule has 5 aromatic rings. The molecule has 4 heterocycles. The molecular weight excluding hydrogens is 518 g/mol. The molecule has 0 fully saturated rings. The summed E-state index contributed by atoms with van der Waals surface area (Å²) in [6, 6.07) is 10.4. The molecule has 1 aromatic carbocycles. The van der Waals surface area contributed by atoms with Crippen molar-refractivity contribution in [3.8, 4) is 5.69 Å². The lowest BCUT2D eigenvalue weighted by Crippen LogP contribution is -2.51. The van der Waals surface area contributed by atoms with Gasteiger partial charge in [0.25, 0.3) is 11.5 Å². The average Bonchev–Trinajstić information content (AvgIpc) is 3.49. The van der Waals surface area contributed by atoms with Crippen molar-refractivity contribution < 1.29 is 4.79 Å². The highest BCUT2D eigenvalue weighted by atomic mass is 16.2. The zero-order valence-corrected chi connectivity index (χ0v) is 22.9. The van der Waals surface area contributed by atoms with Crippen LogP contribution >= 0.6 is 0 Å². The number of nitrogens with one attached hydrogen (secondary N) is 1. The summed E-state index contributed by atoms with van der Waals surface area (Å²) >= 11 is 0. The first-order chi connectivity index (χ1) is 19.8. The van der Waals surface area contributed by atoms with Crippen molar-refractivity contribution in [2.45, 2.75) is 32.7 Å². The lowest BCUT2D eigenvalue weighted by molar-refractivity contribution is 0.0940. The smallest absolute Gasteiger partial charge is 0.266 e. The number of carbonyl (C=O) groups is 1. The van der Waals surface area contributed by atoms with Crippen LogP contribution in [0.2, 0.25) is 0 Å². The molecule has 11 nitrogen and oxygen atoms in total. The molecule has 1 amide bonds. The highest BCUT2D eigenvalue weighted by Crippen LogP contribution is 2.19. The van der Waals surface area contributed by atoms with Gasteiger partial charge in [-0.05, 0) is 50.5 Å². The SMILES string of the molecule is Cc1c(/C=C/C2=c3c(nc([C@@H](C)NC(=O)c4c(N)nn5cccnc45)n(-c4ccccc4)c3=O)=CCC2)cnn1C. The van der Waals surface area contributed by atoms with E-state index < -0.39 is 11.9 Å². The van der Waals surface area contributed by atoms with E-state index in [9.17, 15) is 9.59 Å². The summed E-state index contributed by atoms with van der Waals surface area (Å²) in [5.41, 5.74) is 9.97. The molecule has 11 heteroatoms. The second-order valence-corrected chi connectivity index (χ2v) is 9.96. The van der Waals surface area contributed by atoms with Gasteiger partial charge in [0, 0.05) is 30.7 Å². The lowest BCUT2D eigenvalue weighted by Gasteiger charge is -2.20. The highest BCUT2D eigenvalue weighted by molar-refractivity contribution is 6.04. The van der Waals surface area contributed by atoms with Crippen LogP contribution in [-0.4, -0.2) is 39.8 Å². The van der Waals surface area contributed by atoms with Gasteiger partial charge in [0.2, 0.25) is 0 Å². The van der Waals surface area contributed by atoms with Gasteiger partial charge >= 0.3 is 0 Å². The van der Waals surface area contributed by atoms with Crippen molar-refractivity contribution in [3.63, 3.8) is 0 Å². The number of allylic oxidation sites excluding steroid dienone is 1. The van der Waals surface area contributed by atoms with Crippen molar-refractivity contribution in [3.05, 3.63) is 105 Å². The topological polar surface area (TPSA) is 138 Å². The van der Waals surface area contributed by atoms with E-state index in [1.165, 1.54) is 4.52 Å². The van der Waals surface area contributed by atoms with Crippen LogP contribution in [0.25, 0.3) is 29.1 Å². The molecule has 6 rings (SSSR count). The fraction of sp³-hybridized carbons (Fsp3) is 0.200. The van der Waals surface area contributed by atoms with Crippen LogP contribution in [0.4, 0.5) is 5.82 Å². The summed E-state index contributed by atoms with van der Waals surface area (Å²) in [4.78, 5) is 36.9. The third-order valence-corrected chi connectivity index (χ3v) is 7.35. The summed E-state index contributed by atoms with van der Waals surface area (Å²) < 4.78 is 4.85. The van der Waals surface area contributed by atoms with Crippen LogP contribution in [0.1, 0.15) is 53.2 Å². The summed E-state index contributed by atoms with van der Waals surface area (Å²) in [5, 5.41) is 12.6. The van der Waals surface area contributed by atoms with Crippen LogP contribution in [0.3, 0.4) is 0 Å². The average molecular weight is 548 g/mol. The zero-order chi connectivity index (χ0) is 28.7. The van der Waals surface area contributed by atoms with Crippen LogP contribution in [-0.2, 0) is 7.05 Å². The Labute approximate surface area is 235 Å². The first-order valence-electron chi connectivity index (χ1n) is 13.3. The van der Waals surface area contributed by atoms with Crippen molar-refractivity contribution in [2.24, 2.45) is 7.05 Å². The molecule has 0 aliphatic heterocycles. The van der Waals surface area contributed by atoms with Crippen LogP contribution in [0.5, 0.6) is 0 Å². The van der Waals surface area contributed by atoms with Gasteiger partial charge in [0.05, 0.1) is 28.5 Å². The van der Waals surface area contributed by atoms with Crippen molar-refractivity contribution in [1.82, 2.24) is 39.2 Å². The molecule has 0 bridgehead atoms. The van der Waals surface area contributed by atoms with Gasteiger partial charge in [0.15, 0.2) is 11.5 Å². The molecule has 0 unspecified atom stereocenters. The maximum atomic E-state index is 14.3. The van der Waals surface area contributed by atoms with E-state index in [1.807, 2.05) is 73.4 Å². The minimum atomic E-state index is -0.647. The molecule has 0 spiro atoms. The molecule has 206 valence electrons. The molecule has 0 saturated heterocycles. The molecule has 0 radical (unpaired) electrons. The summed E-state index contributed by atoms with van der Waals surface area (Å²) in [5.74, 6) is 0.0117. The Morgan fingerprint density at radius 3 is 2.73 bits per heavy atom. The van der Waals surface area contributed by atoms with Crippen LogP contribution in [0.15, 0.2) is 65.9 Å². The van der Waals surface area contributed by atoms with Crippen LogP contribution in [0, 0.1) is 6.92 Å². The number of nitrogens with zero attached hydrogens (tertiary/aromatic N) is 7. The lowest BCUT2D eigenvalue weighted by atomic mass is 10.0. The number of aromatic nitrogens is 7. The number of hydrogen-bond donors (Lipinski definition) is 2. The summed E-state index contributed by atoms with van der Waals surface area (Å²) in [7, 11) is 1.90. The number of amides is 1. The summed E-state index contributed by atoms with van der Waals surface area (Å²) in [6.45, 7) is 3.79. The van der Waals surface area contributed by atoms with Crippen molar-refractivity contribution >= 4 is 35.1 Å². The standard InChI is InChI=1S/C30H29N9O2/c1-18(34-29(40)25-26(31)36-38-16-8-15-32-28(25)38)27-35-23-12-7-9-20(13-14-21-17-33-37(3)19(21)2)24(23)30(41)39(27)22-10-5-4-6-11-22/h4-6,8,10-18H,7,9H2,1-3H3,(H2,31,36)(H,34,40)/b14-13+/t18-/m1/s1. The van der Waals surface area contributed by atoms with E-state index in [1.54, 1.807) is 30.0 Å². The molecule has 41 heavy (non-hydrogen) atoms. The molecular formula is C30H29N9O2. The number of anilines is 1. The Hall–Kier alpha value is -5.32. The van der Waals surface area contributed by atoms with E-state index in [4.69, 9.17) is 10.7 Å². The molecule has 1 atom stereocenters. The fourth-order valence-electron chi connectivity index (χ4n) is 5.10. The number of carbonyl (C=O) groups excluding carboxylic acids is 1. The normalized spacial score (nSPS) is 13.8. The Bertz CT molecular complexity index is 2020. The van der Waals surface area contributed by atoms with Gasteiger partial charge < -0.3 is 11.1 Å². The maximum Gasteiger partial charge on any atom is 0.266 e. The van der Waals surface area contributed by atoms with Gasteiger partial charge in [-0.3, -0.25) is 18.8 Å². The number of nitrogen functional groups attached to an aromatic ring is 1. The predicted octanol–water partition coefficient (Wildman–Crippen LogP) is 1.83. The first-order valence-corrected chi connectivity index (χ1v) is 13.3. The Morgan fingerprint density at radius 1 is 1.17 bits per heavy atom. The maximum absolute atomic E-state index is 14.3. The minimum Gasteiger partial charge on any atom is -0.381 e. The number of para-hydroxylation sites is 1. The Morgan fingerprint density at radius 2 is 1.98 bits per heavy atom. The van der Waals surface area contributed by atoms with Gasteiger partial charge in [-0.1, -0.05) is 36.4 Å². The quantitative estimate of drug-likeness (QED) is 0.331. The van der Waals surface area contributed by atoms with E-state index in [2.05, 4.69) is 20.5 Å². The van der Waals surface area contributed by atoms with E-state index in [-0.39, 0.29) is 16.9 Å². The van der Waals surface area contributed by atoms with Gasteiger partial charge in [0.1, 0.15) is 11.4 Å². The number of nitrogens with two attached hydrogens (primary N) is 1. The fourth-order valence-corrected chi connectivity index (χ4v) is 5.10. The third kappa shape index (κ3) is 4.61. The zero-order valence-electron chi connectivity index (χ0n) is 22.9. The molecule has 1 aliphatic carbocycles. The van der Waals surface area contributed by atoms with Gasteiger partial charge in [-0.25, -0.2) is 14.5 Å². The Kier molecular flexibility index (Phi) is 6.54. The second-order valence-electron chi connectivity index (χ2n) is 9.96. The predicted molar refractivity (Wildman–Crippen MR) is 156 cm³/mol. The summed E-state index contributed by atoms with van der Waals surface area (Å²) in [6.07, 6.45) is 12.5. The monoisotopic (exact) mass is 547 g/mol. The van der Waals surface area contributed by atoms with Gasteiger partial charge in [-0.15, -0.1) is 5.10 Å². The van der Waals surface area contributed by atoms with Gasteiger partial charge in [-0.2, -0.15) is 5.10 Å². The molecule has 0 saturated carbocycles. The second kappa shape index (κ2) is 10.3. The van der Waals surface area contributed by atoms with E-state index >= 15 is 0 Å². The number of aryl methyl sites for hydroxylation is 1. The number of hydrogen-bond acceptors (Lipinski definition) is 7.